The van der Waals surface area contributed by atoms with E-state index in [-0.39, 0.29) is 18.1 Å². The third kappa shape index (κ3) is 5.65. The maximum absolute atomic E-state index is 11.7. The number of carbonyl (C=O) groups is 2. The number of nitrogens with one attached hydrogen (secondary N) is 1. The standard InChI is InChI=1S/C18H26N4O4/c1-3-26-18(24)22-9-7-15(8-10-22)21-17(19)20-12-13-5-4-6-14(11-13)16(23)25-2/h4-6,11,15H,3,7-10,12H2,1-2H3,(H3,19,20,21). The Morgan fingerprint density at radius 3 is 2.73 bits per heavy atom. The van der Waals surface area contributed by atoms with Crippen LogP contribution in [0.5, 0.6) is 0 Å². The number of nitrogens with two attached hydrogens (primary N) is 1. The summed E-state index contributed by atoms with van der Waals surface area (Å²) >= 11 is 0. The van der Waals surface area contributed by atoms with E-state index in [1.165, 1.54) is 7.11 Å². The van der Waals surface area contributed by atoms with Crippen molar-refractivity contribution in [1.29, 1.82) is 0 Å². The van der Waals surface area contributed by atoms with E-state index in [1.807, 2.05) is 6.07 Å². The number of esters is 1. The molecule has 1 aromatic carbocycles. The van der Waals surface area contributed by atoms with Crippen molar-refractivity contribution in [3.05, 3.63) is 35.4 Å². The van der Waals surface area contributed by atoms with E-state index < -0.39 is 0 Å². The fraction of sp³-hybridized carbons (Fsp3) is 0.500. The predicted molar refractivity (Wildman–Crippen MR) is 97.9 cm³/mol. The Morgan fingerprint density at radius 1 is 1.35 bits per heavy atom. The van der Waals surface area contributed by atoms with Crippen LogP contribution in [0.2, 0.25) is 0 Å². The molecule has 2 rings (SSSR count). The van der Waals surface area contributed by atoms with Gasteiger partial charge in [-0.25, -0.2) is 14.6 Å². The molecule has 1 aliphatic rings. The molecule has 3 N–H and O–H groups in total. The molecule has 1 heterocycles. The first-order chi connectivity index (χ1) is 12.5. The summed E-state index contributed by atoms with van der Waals surface area (Å²) in [6.07, 6.45) is 1.30. The first kappa shape index (κ1) is 19.6. The highest BCUT2D eigenvalue weighted by Crippen LogP contribution is 2.12. The molecular weight excluding hydrogens is 336 g/mol. The number of likely N-dealkylation sites (tertiary alicyclic amines) is 1. The molecule has 26 heavy (non-hydrogen) atoms. The molecule has 1 fully saturated rings. The maximum atomic E-state index is 11.7. The number of hydrogen-bond acceptors (Lipinski definition) is 5. The summed E-state index contributed by atoms with van der Waals surface area (Å²) in [7, 11) is 1.35. The molecule has 8 nitrogen and oxygen atoms in total. The first-order valence-electron chi connectivity index (χ1n) is 8.69. The average Bonchev–Trinajstić information content (AvgIpc) is 2.66. The monoisotopic (exact) mass is 362 g/mol. The molecule has 0 unspecified atom stereocenters. The van der Waals surface area contributed by atoms with Crippen LogP contribution in [-0.4, -0.2) is 55.8 Å². The van der Waals surface area contributed by atoms with Crippen molar-refractivity contribution in [3.8, 4) is 0 Å². The number of amides is 1. The van der Waals surface area contributed by atoms with Gasteiger partial charge in [0.2, 0.25) is 0 Å². The number of piperidine rings is 1. The van der Waals surface area contributed by atoms with Gasteiger partial charge in [0.15, 0.2) is 5.96 Å². The van der Waals surface area contributed by atoms with E-state index in [2.05, 4.69) is 10.3 Å². The van der Waals surface area contributed by atoms with Gasteiger partial charge in [0.05, 0.1) is 25.8 Å². The van der Waals surface area contributed by atoms with Crippen LogP contribution in [0, 0.1) is 0 Å². The molecule has 1 saturated heterocycles. The summed E-state index contributed by atoms with van der Waals surface area (Å²) in [6, 6.07) is 7.26. The fourth-order valence-electron chi connectivity index (χ4n) is 2.77. The number of carbonyl (C=O) groups excluding carboxylic acids is 2. The molecule has 142 valence electrons. The minimum absolute atomic E-state index is 0.172. The zero-order valence-corrected chi connectivity index (χ0v) is 15.2. The number of aliphatic imine (C=N–C) groups is 1. The van der Waals surface area contributed by atoms with Gasteiger partial charge in [0.1, 0.15) is 0 Å². The minimum atomic E-state index is -0.379. The largest absolute Gasteiger partial charge is 0.465 e. The topological polar surface area (TPSA) is 106 Å². The molecule has 0 spiro atoms. The van der Waals surface area contributed by atoms with Crippen LogP contribution in [0.15, 0.2) is 29.3 Å². The van der Waals surface area contributed by atoms with Crippen molar-refractivity contribution in [3.63, 3.8) is 0 Å². The molecule has 0 aliphatic carbocycles. The zero-order chi connectivity index (χ0) is 18.9. The van der Waals surface area contributed by atoms with E-state index in [0.717, 1.165) is 18.4 Å². The Bertz CT molecular complexity index is 654. The lowest BCUT2D eigenvalue weighted by molar-refractivity contribution is 0.0600. The van der Waals surface area contributed by atoms with Crippen molar-refractivity contribution in [2.75, 3.05) is 26.8 Å². The Kier molecular flexibility index (Phi) is 7.25. The van der Waals surface area contributed by atoms with Gasteiger partial charge >= 0.3 is 12.1 Å². The zero-order valence-electron chi connectivity index (χ0n) is 15.2. The molecule has 0 bridgehead atoms. The van der Waals surface area contributed by atoms with Crippen molar-refractivity contribution < 1.29 is 19.1 Å². The van der Waals surface area contributed by atoms with Crippen LogP contribution < -0.4 is 11.1 Å². The maximum Gasteiger partial charge on any atom is 0.409 e. The SMILES string of the molecule is CCOC(=O)N1CCC(NC(N)=NCc2cccc(C(=O)OC)c2)CC1. The highest BCUT2D eigenvalue weighted by atomic mass is 16.6. The lowest BCUT2D eigenvalue weighted by Crippen LogP contribution is -2.48. The normalized spacial score (nSPS) is 15.5. The molecule has 0 saturated carbocycles. The Labute approximate surface area is 153 Å². The van der Waals surface area contributed by atoms with Crippen LogP contribution in [0.25, 0.3) is 0 Å². The lowest BCUT2D eigenvalue weighted by Gasteiger charge is -2.31. The summed E-state index contributed by atoms with van der Waals surface area (Å²) < 4.78 is 9.71. The summed E-state index contributed by atoms with van der Waals surface area (Å²) in [6.45, 7) is 3.80. The van der Waals surface area contributed by atoms with E-state index in [1.54, 1.807) is 30.0 Å². The predicted octanol–water partition coefficient (Wildman–Crippen LogP) is 1.50. The number of benzene rings is 1. The highest BCUT2D eigenvalue weighted by molar-refractivity contribution is 5.89. The summed E-state index contributed by atoms with van der Waals surface area (Å²) in [4.78, 5) is 29.3. The van der Waals surface area contributed by atoms with Crippen LogP contribution in [-0.2, 0) is 16.0 Å². The van der Waals surface area contributed by atoms with Gasteiger partial charge in [-0.15, -0.1) is 0 Å². The average molecular weight is 362 g/mol. The molecule has 0 aromatic heterocycles. The van der Waals surface area contributed by atoms with E-state index >= 15 is 0 Å². The van der Waals surface area contributed by atoms with E-state index in [4.69, 9.17) is 15.2 Å². The van der Waals surface area contributed by atoms with Gasteiger partial charge in [-0.2, -0.15) is 0 Å². The first-order valence-corrected chi connectivity index (χ1v) is 8.69. The van der Waals surface area contributed by atoms with Crippen molar-refractivity contribution in [2.24, 2.45) is 10.7 Å². The number of ether oxygens (including phenoxy) is 2. The van der Waals surface area contributed by atoms with Crippen LogP contribution in [0.1, 0.15) is 35.7 Å². The Hall–Kier alpha value is -2.77. The van der Waals surface area contributed by atoms with Gasteiger partial charge in [-0.05, 0) is 37.5 Å². The molecule has 1 aromatic rings. The third-order valence-electron chi connectivity index (χ3n) is 4.15. The Balaban J connectivity index is 1.82. The number of hydrogen-bond donors (Lipinski definition) is 2. The quantitative estimate of drug-likeness (QED) is 0.467. The second kappa shape index (κ2) is 9.65. The second-order valence-corrected chi connectivity index (χ2v) is 6.00. The second-order valence-electron chi connectivity index (χ2n) is 6.00. The van der Waals surface area contributed by atoms with Crippen LogP contribution in [0.3, 0.4) is 0 Å². The fourth-order valence-corrected chi connectivity index (χ4v) is 2.77. The smallest absolute Gasteiger partial charge is 0.409 e. The molecule has 0 radical (unpaired) electrons. The van der Waals surface area contributed by atoms with Gasteiger partial charge < -0.3 is 25.4 Å². The number of nitrogens with zero attached hydrogens (tertiary/aromatic N) is 2. The van der Waals surface area contributed by atoms with Crippen LogP contribution in [0.4, 0.5) is 4.79 Å². The lowest BCUT2D eigenvalue weighted by atomic mass is 10.1. The molecular formula is C18H26N4O4. The van der Waals surface area contributed by atoms with Crippen molar-refractivity contribution in [1.82, 2.24) is 10.2 Å². The van der Waals surface area contributed by atoms with E-state index in [9.17, 15) is 9.59 Å². The molecule has 1 amide bonds. The summed E-state index contributed by atoms with van der Waals surface area (Å²) in [5, 5.41) is 3.19. The highest BCUT2D eigenvalue weighted by Gasteiger charge is 2.23. The van der Waals surface area contributed by atoms with E-state index in [0.29, 0.717) is 37.8 Å². The van der Waals surface area contributed by atoms with Gasteiger partial charge in [0, 0.05) is 19.1 Å². The van der Waals surface area contributed by atoms with Crippen LogP contribution >= 0.6 is 0 Å². The molecule has 0 atom stereocenters. The Morgan fingerprint density at radius 2 is 2.08 bits per heavy atom. The number of methoxy groups -OCH3 is 1. The van der Waals surface area contributed by atoms with Gasteiger partial charge in [0.25, 0.3) is 0 Å². The molecule has 1 aliphatic heterocycles. The molecule has 8 heteroatoms. The number of guanidine groups is 1. The van der Waals surface area contributed by atoms with Crippen molar-refractivity contribution >= 4 is 18.0 Å². The minimum Gasteiger partial charge on any atom is -0.465 e. The van der Waals surface area contributed by atoms with Gasteiger partial charge in [-0.1, -0.05) is 12.1 Å². The van der Waals surface area contributed by atoms with Gasteiger partial charge in [-0.3, -0.25) is 0 Å². The van der Waals surface area contributed by atoms with Crippen molar-refractivity contribution in [2.45, 2.75) is 32.4 Å². The number of rotatable bonds is 5. The third-order valence-corrected chi connectivity index (χ3v) is 4.15. The summed E-state index contributed by atoms with van der Waals surface area (Å²) in [5.41, 5.74) is 7.32. The summed E-state index contributed by atoms with van der Waals surface area (Å²) in [5.74, 6) is -0.0293.